The molecule has 26 heavy (non-hydrogen) atoms. The average Bonchev–Trinajstić information content (AvgIpc) is 2.94. The first kappa shape index (κ1) is 17.9. The number of benzene rings is 2. The van der Waals surface area contributed by atoms with Crippen molar-refractivity contribution in [2.75, 3.05) is 7.11 Å². The Balaban J connectivity index is 2.03. The molecule has 0 saturated heterocycles. The van der Waals surface area contributed by atoms with Gasteiger partial charge >= 0.3 is 5.69 Å². The number of methoxy groups -OCH3 is 1. The molecule has 0 aliphatic rings. The molecule has 0 atom stereocenters. The summed E-state index contributed by atoms with van der Waals surface area (Å²) in [6.07, 6.45) is 0. The van der Waals surface area contributed by atoms with E-state index in [1.54, 1.807) is 11.6 Å². The van der Waals surface area contributed by atoms with Crippen LogP contribution in [0.2, 0.25) is 0 Å². The van der Waals surface area contributed by atoms with Crippen molar-refractivity contribution in [1.82, 2.24) is 14.8 Å². The summed E-state index contributed by atoms with van der Waals surface area (Å²) in [5.74, 6) is -0.156. The molecule has 0 N–H and O–H groups in total. The number of aromatic nitrogens is 3. The van der Waals surface area contributed by atoms with Crippen LogP contribution < -0.4 is 4.74 Å². The Hall–Kier alpha value is -2.94. The molecular formula is C17H15FN4O3S. The molecule has 134 valence electrons. The molecule has 0 spiro atoms. The summed E-state index contributed by atoms with van der Waals surface area (Å²) in [5.41, 5.74) is 1.33. The standard InChI is InChI=1S/C17H15FN4O3S/c1-10-5-4-6-11(7-10)16-19-20-17(21(16)2)26-14-9-12(25-3)8-13(18)15(14)22(23)24/h4-9H,1-3H3. The molecule has 9 heteroatoms. The second-order valence-corrected chi connectivity index (χ2v) is 6.56. The maximum absolute atomic E-state index is 14.1. The van der Waals surface area contributed by atoms with Crippen LogP contribution in [0.25, 0.3) is 11.4 Å². The molecule has 0 radical (unpaired) electrons. The van der Waals surface area contributed by atoms with Crippen molar-refractivity contribution in [2.24, 2.45) is 7.05 Å². The van der Waals surface area contributed by atoms with Gasteiger partial charge in [-0.05, 0) is 24.8 Å². The van der Waals surface area contributed by atoms with Gasteiger partial charge in [-0.15, -0.1) is 10.2 Å². The Morgan fingerprint density at radius 2 is 2.04 bits per heavy atom. The molecule has 0 amide bonds. The van der Waals surface area contributed by atoms with Crippen LogP contribution in [-0.4, -0.2) is 26.8 Å². The molecular weight excluding hydrogens is 359 g/mol. The summed E-state index contributed by atoms with van der Waals surface area (Å²) < 4.78 is 20.8. The summed E-state index contributed by atoms with van der Waals surface area (Å²) >= 11 is 0.960. The summed E-state index contributed by atoms with van der Waals surface area (Å²) in [4.78, 5) is 10.6. The van der Waals surface area contributed by atoms with E-state index < -0.39 is 16.4 Å². The van der Waals surface area contributed by atoms with Gasteiger partial charge in [0.2, 0.25) is 5.82 Å². The smallest absolute Gasteiger partial charge is 0.318 e. The Bertz CT molecular complexity index is 990. The normalized spacial score (nSPS) is 10.8. The maximum atomic E-state index is 14.1. The summed E-state index contributed by atoms with van der Waals surface area (Å²) in [6, 6.07) is 10.1. The third kappa shape index (κ3) is 3.38. The van der Waals surface area contributed by atoms with Crippen LogP contribution in [0.1, 0.15) is 5.56 Å². The van der Waals surface area contributed by atoms with E-state index in [-0.39, 0.29) is 10.6 Å². The zero-order chi connectivity index (χ0) is 18.8. The lowest BCUT2D eigenvalue weighted by molar-refractivity contribution is -0.390. The SMILES string of the molecule is COc1cc(F)c([N+](=O)[O-])c(Sc2nnc(-c3cccc(C)c3)n2C)c1. The van der Waals surface area contributed by atoms with Crippen molar-refractivity contribution in [3.05, 3.63) is 57.9 Å². The fourth-order valence-electron chi connectivity index (χ4n) is 2.46. The summed E-state index contributed by atoms with van der Waals surface area (Å²) in [5, 5.41) is 19.9. The Morgan fingerprint density at radius 3 is 2.69 bits per heavy atom. The fourth-order valence-corrected chi connectivity index (χ4v) is 3.41. The van der Waals surface area contributed by atoms with Gasteiger partial charge in [-0.1, -0.05) is 23.8 Å². The van der Waals surface area contributed by atoms with Gasteiger partial charge in [0.25, 0.3) is 0 Å². The zero-order valence-corrected chi connectivity index (χ0v) is 15.1. The largest absolute Gasteiger partial charge is 0.497 e. The lowest BCUT2D eigenvalue weighted by Gasteiger charge is -2.07. The minimum absolute atomic E-state index is 0.0955. The summed E-state index contributed by atoms with van der Waals surface area (Å²) in [6.45, 7) is 1.97. The van der Waals surface area contributed by atoms with Crippen molar-refractivity contribution >= 4 is 17.4 Å². The van der Waals surface area contributed by atoms with Gasteiger partial charge in [0.05, 0.1) is 16.9 Å². The van der Waals surface area contributed by atoms with Crippen molar-refractivity contribution in [3.63, 3.8) is 0 Å². The number of hydrogen-bond donors (Lipinski definition) is 0. The highest BCUT2D eigenvalue weighted by molar-refractivity contribution is 7.99. The number of hydrogen-bond acceptors (Lipinski definition) is 6. The van der Waals surface area contributed by atoms with Gasteiger partial charge in [-0.25, -0.2) is 0 Å². The van der Waals surface area contributed by atoms with E-state index in [1.807, 2.05) is 31.2 Å². The van der Waals surface area contributed by atoms with Gasteiger partial charge in [-0.2, -0.15) is 4.39 Å². The molecule has 7 nitrogen and oxygen atoms in total. The number of halogens is 1. The highest BCUT2D eigenvalue weighted by atomic mass is 32.2. The third-order valence-electron chi connectivity index (χ3n) is 3.73. The van der Waals surface area contributed by atoms with E-state index in [2.05, 4.69) is 10.2 Å². The van der Waals surface area contributed by atoms with Crippen molar-refractivity contribution in [1.29, 1.82) is 0 Å². The highest BCUT2D eigenvalue weighted by Gasteiger charge is 2.25. The second-order valence-electron chi connectivity index (χ2n) is 5.55. The minimum Gasteiger partial charge on any atom is -0.497 e. The van der Waals surface area contributed by atoms with Crippen LogP contribution in [0.5, 0.6) is 5.75 Å². The maximum Gasteiger partial charge on any atom is 0.318 e. The van der Waals surface area contributed by atoms with Crippen LogP contribution >= 0.6 is 11.8 Å². The molecule has 0 aliphatic carbocycles. The van der Waals surface area contributed by atoms with Crippen LogP contribution in [-0.2, 0) is 7.05 Å². The van der Waals surface area contributed by atoms with E-state index >= 15 is 0 Å². The van der Waals surface area contributed by atoms with E-state index in [4.69, 9.17) is 4.74 Å². The van der Waals surface area contributed by atoms with E-state index in [0.717, 1.165) is 29.0 Å². The number of ether oxygens (including phenoxy) is 1. The number of nitro groups is 1. The topological polar surface area (TPSA) is 83.1 Å². The Labute approximate surface area is 153 Å². The molecule has 3 rings (SSSR count). The van der Waals surface area contributed by atoms with E-state index in [0.29, 0.717) is 11.0 Å². The molecule has 0 unspecified atom stereocenters. The molecule has 0 fully saturated rings. The van der Waals surface area contributed by atoms with Crippen molar-refractivity contribution in [2.45, 2.75) is 17.0 Å². The Kier molecular flexibility index (Phi) is 4.90. The van der Waals surface area contributed by atoms with Gasteiger partial charge in [0, 0.05) is 24.7 Å². The number of aryl methyl sites for hydroxylation is 1. The van der Waals surface area contributed by atoms with Gasteiger partial charge in [0.15, 0.2) is 11.0 Å². The minimum atomic E-state index is -0.960. The molecule has 0 bridgehead atoms. The first-order valence-corrected chi connectivity index (χ1v) is 8.38. The Morgan fingerprint density at radius 1 is 1.27 bits per heavy atom. The lowest BCUT2D eigenvalue weighted by atomic mass is 10.1. The molecule has 1 heterocycles. The molecule has 1 aromatic heterocycles. The van der Waals surface area contributed by atoms with Gasteiger partial charge < -0.3 is 9.30 Å². The number of nitro benzene ring substituents is 1. The predicted molar refractivity (Wildman–Crippen MR) is 94.9 cm³/mol. The van der Waals surface area contributed by atoms with E-state index in [9.17, 15) is 14.5 Å². The van der Waals surface area contributed by atoms with Crippen molar-refractivity contribution in [3.8, 4) is 17.1 Å². The van der Waals surface area contributed by atoms with Crippen molar-refractivity contribution < 1.29 is 14.1 Å². The van der Waals surface area contributed by atoms with Crippen LogP contribution in [0, 0.1) is 22.9 Å². The zero-order valence-electron chi connectivity index (χ0n) is 14.3. The monoisotopic (exact) mass is 374 g/mol. The van der Waals surface area contributed by atoms with Crippen LogP contribution in [0.4, 0.5) is 10.1 Å². The lowest BCUT2D eigenvalue weighted by Crippen LogP contribution is -1.99. The molecule has 2 aromatic carbocycles. The van der Waals surface area contributed by atoms with Gasteiger partial charge in [-0.3, -0.25) is 10.1 Å². The highest BCUT2D eigenvalue weighted by Crippen LogP contribution is 2.39. The first-order valence-electron chi connectivity index (χ1n) is 7.57. The number of rotatable bonds is 5. The van der Waals surface area contributed by atoms with Crippen LogP contribution in [0.3, 0.4) is 0 Å². The average molecular weight is 374 g/mol. The first-order chi connectivity index (χ1) is 12.4. The molecule has 0 saturated carbocycles. The predicted octanol–water partition coefficient (Wildman–Crippen LogP) is 4.00. The summed E-state index contributed by atoms with van der Waals surface area (Å²) in [7, 11) is 3.12. The van der Waals surface area contributed by atoms with Gasteiger partial charge in [0.1, 0.15) is 5.75 Å². The molecule has 3 aromatic rings. The van der Waals surface area contributed by atoms with Crippen LogP contribution in [0.15, 0.2) is 46.5 Å². The number of nitrogens with zero attached hydrogens (tertiary/aromatic N) is 4. The second kappa shape index (κ2) is 7.12. The third-order valence-corrected chi connectivity index (χ3v) is 4.80. The fraction of sp³-hybridized carbons (Fsp3) is 0.176. The quantitative estimate of drug-likeness (QED) is 0.496. The van der Waals surface area contributed by atoms with E-state index in [1.165, 1.54) is 13.2 Å². The molecule has 0 aliphatic heterocycles.